The highest BCUT2D eigenvalue weighted by Crippen LogP contribution is 2.22. The molecule has 5 nitrogen and oxygen atoms in total. The van der Waals surface area contributed by atoms with E-state index in [0.717, 1.165) is 16.7 Å². The Kier molecular flexibility index (Phi) is 6.63. The minimum atomic E-state index is -0.394. The summed E-state index contributed by atoms with van der Waals surface area (Å²) in [4.78, 5) is 21.0. The van der Waals surface area contributed by atoms with Crippen LogP contribution in [-0.4, -0.2) is 18.7 Å². The second-order valence-corrected chi connectivity index (χ2v) is 6.37. The van der Waals surface area contributed by atoms with Crippen LogP contribution >= 0.6 is 0 Å². The first kappa shape index (κ1) is 19.4. The lowest BCUT2D eigenvalue weighted by Gasteiger charge is -2.11. The van der Waals surface area contributed by atoms with Gasteiger partial charge in [-0.25, -0.2) is 0 Å². The topological polar surface area (TPSA) is 61.8 Å². The van der Waals surface area contributed by atoms with Crippen molar-refractivity contribution in [3.63, 3.8) is 0 Å². The van der Waals surface area contributed by atoms with E-state index >= 15 is 0 Å². The molecular formula is C23H22O5. The first-order valence-corrected chi connectivity index (χ1v) is 9.14. The van der Waals surface area contributed by atoms with E-state index in [1.54, 1.807) is 0 Å². The lowest BCUT2D eigenvalue weighted by atomic mass is 10.0. The zero-order valence-corrected chi connectivity index (χ0v) is 15.6. The summed E-state index contributed by atoms with van der Waals surface area (Å²) in [6.07, 6.45) is 0.521. The number of rotatable bonds is 5. The van der Waals surface area contributed by atoms with Crippen LogP contribution in [0.3, 0.4) is 0 Å². The van der Waals surface area contributed by atoms with E-state index < -0.39 is 6.29 Å². The molecule has 0 spiro atoms. The predicted octanol–water partition coefficient (Wildman–Crippen LogP) is 4.80. The van der Waals surface area contributed by atoms with Crippen LogP contribution in [0.25, 0.3) is 10.8 Å². The Morgan fingerprint density at radius 1 is 1.00 bits per heavy atom. The summed E-state index contributed by atoms with van der Waals surface area (Å²) in [5, 5.41) is 2.36. The van der Waals surface area contributed by atoms with Crippen LogP contribution in [0.2, 0.25) is 0 Å². The summed E-state index contributed by atoms with van der Waals surface area (Å²) in [6, 6.07) is 23.5. The summed E-state index contributed by atoms with van der Waals surface area (Å²) >= 11 is 0. The predicted molar refractivity (Wildman–Crippen MR) is 106 cm³/mol. The minimum Gasteiger partial charge on any atom is -0.460 e. The lowest BCUT2D eigenvalue weighted by Crippen LogP contribution is -2.14. The Bertz CT molecular complexity index is 922. The van der Waals surface area contributed by atoms with Gasteiger partial charge < -0.3 is 14.2 Å². The van der Waals surface area contributed by atoms with Crippen molar-refractivity contribution in [2.45, 2.75) is 32.2 Å². The number of fused-ring (bicyclic) bond motifs is 1. The number of para-hydroxylation sites is 1. The molecule has 0 aliphatic carbocycles. The van der Waals surface area contributed by atoms with Gasteiger partial charge in [0.15, 0.2) is 0 Å². The standard InChI is InChI=1S/C13H12O2.C10H10O3/c1-10(15-9-14)12-7-6-11-4-2-3-5-13(11)8-12;11-9-6-7-10(13-9)12-8-4-2-1-3-5-8/h2-10H,1H3;1-5,10H,6-7H2. The molecule has 2 atom stereocenters. The van der Waals surface area contributed by atoms with Crippen LogP contribution < -0.4 is 4.74 Å². The molecule has 0 aromatic heterocycles. The molecular weight excluding hydrogens is 356 g/mol. The van der Waals surface area contributed by atoms with Crippen molar-refractivity contribution in [3.8, 4) is 5.75 Å². The SMILES string of the molecule is CC(OC=O)c1ccc2ccccc2c1.O=C1CCC(Oc2ccccc2)O1. The highest BCUT2D eigenvalue weighted by molar-refractivity contribution is 5.83. The zero-order chi connectivity index (χ0) is 19.8. The number of ether oxygens (including phenoxy) is 3. The van der Waals surface area contributed by atoms with Crippen LogP contribution in [0.1, 0.15) is 31.4 Å². The van der Waals surface area contributed by atoms with Crippen molar-refractivity contribution in [2.24, 2.45) is 0 Å². The smallest absolute Gasteiger partial charge is 0.309 e. The van der Waals surface area contributed by atoms with E-state index in [0.29, 0.717) is 19.3 Å². The Hall–Kier alpha value is -3.34. The number of hydrogen-bond donors (Lipinski definition) is 0. The van der Waals surface area contributed by atoms with E-state index in [9.17, 15) is 9.59 Å². The van der Waals surface area contributed by atoms with Gasteiger partial charge in [-0.2, -0.15) is 0 Å². The van der Waals surface area contributed by atoms with Crippen LogP contribution in [0, 0.1) is 0 Å². The normalized spacial score (nSPS) is 16.5. The molecule has 0 N–H and O–H groups in total. The van der Waals surface area contributed by atoms with Crippen LogP contribution in [-0.2, 0) is 19.1 Å². The number of esters is 1. The summed E-state index contributed by atoms with van der Waals surface area (Å²) in [6.45, 7) is 2.35. The van der Waals surface area contributed by atoms with Crippen molar-refractivity contribution < 1.29 is 23.8 Å². The monoisotopic (exact) mass is 378 g/mol. The van der Waals surface area contributed by atoms with Gasteiger partial charge in [-0.3, -0.25) is 9.59 Å². The fourth-order valence-electron chi connectivity index (χ4n) is 2.86. The average Bonchev–Trinajstić information content (AvgIpc) is 3.13. The third-order valence-corrected chi connectivity index (χ3v) is 4.36. The fraction of sp³-hybridized carbons (Fsp3) is 0.217. The Morgan fingerprint density at radius 2 is 1.71 bits per heavy atom. The molecule has 1 fully saturated rings. The van der Waals surface area contributed by atoms with Gasteiger partial charge in [0.25, 0.3) is 6.47 Å². The van der Waals surface area contributed by atoms with E-state index in [1.807, 2.05) is 73.7 Å². The quantitative estimate of drug-likeness (QED) is 0.471. The zero-order valence-electron chi connectivity index (χ0n) is 15.6. The third kappa shape index (κ3) is 5.33. The van der Waals surface area contributed by atoms with Crippen molar-refractivity contribution in [1.29, 1.82) is 0 Å². The number of cyclic esters (lactones) is 1. The van der Waals surface area contributed by atoms with E-state index in [4.69, 9.17) is 14.2 Å². The molecule has 0 radical (unpaired) electrons. The molecule has 144 valence electrons. The summed E-state index contributed by atoms with van der Waals surface area (Å²) in [5.74, 6) is 0.558. The molecule has 4 rings (SSSR count). The molecule has 1 heterocycles. The maximum Gasteiger partial charge on any atom is 0.309 e. The highest BCUT2D eigenvalue weighted by atomic mass is 16.7. The minimum absolute atomic E-state index is 0.180. The van der Waals surface area contributed by atoms with Crippen molar-refractivity contribution >= 4 is 23.2 Å². The van der Waals surface area contributed by atoms with Gasteiger partial charge in [-0.05, 0) is 41.5 Å². The van der Waals surface area contributed by atoms with Gasteiger partial charge in [0, 0.05) is 6.42 Å². The lowest BCUT2D eigenvalue weighted by molar-refractivity contribution is -0.150. The van der Waals surface area contributed by atoms with Crippen LogP contribution in [0.15, 0.2) is 72.8 Å². The van der Waals surface area contributed by atoms with Gasteiger partial charge in [-0.1, -0.05) is 54.6 Å². The molecule has 0 saturated carbocycles. The first-order chi connectivity index (χ1) is 13.7. The van der Waals surface area contributed by atoms with Gasteiger partial charge in [0.05, 0.1) is 6.42 Å². The van der Waals surface area contributed by atoms with E-state index in [-0.39, 0.29) is 12.1 Å². The van der Waals surface area contributed by atoms with Crippen LogP contribution in [0.5, 0.6) is 5.75 Å². The molecule has 28 heavy (non-hydrogen) atoms. The Balaban J connectivity index is 0.000000162. The molecule has 0 amide bonds. The van der Waals surface area contributed by atoms with Crippen molar-refractivity contribution in [1.82, 2.24) is 0 Å². The number of carbonyl (C=O) groups is 2. The maximum absolute atomic E-state index is 10.7. The van der Waals surface area contributed by atoms with Crippen molar-refractivity contribution in [2.75, 3.05) is 0 Å². The van der Waals surface area contributed by atoms with Gasteiger partial charge in [-0.15, -0.1) is 0 Å². The molecule has 1 aliphatic rings. The molecule has 1 aliphatic heterocycles. The van der Waals surface area contributed by atoms with Gasteiger partial charge >= 0.3 is 5.97 Å². The Morgan fingerprint density at radius 3 is 2.39 bits per heavy atom. The molecule has 2 unspecified atom stereocenters. The molecule has 0 bridgehead atoms. The second kappa shape index (κ2) is 9.55. The summed E-state index contributed by atoms with van der Waals surface area (Å²) < 4.78 is 15.2. The molecule has 5 heteroatoms. The largest absolute Gasteiger partial charge is 0.460 e. The van der Waals surface area contributed by atoms with Crippen LogP contribution in [0.4, 0.5) is 0 Å². The Labute approximate surface area is 163 Å². The number of hydrogen-bond acceptors (Lipinski definition) is 5. The highest BCUT2D eigenvalue weighted by Gasteiger charge is 2.24. The summed E-state index contributed by atoms with van der Waals surface area (Å²) in [7, 11) is 0. The maximum atomic E-state index is 10.7. The van der Waals surface area contributed by atoms with Crippen molar-refractivity contribution in [3.05, 3.63) is 78.4 Å². The van der Waals surface area contributed by atoms with E-state index in [1.165, 1.54) is 5.39 Å². The first-order valence-electron chi connectivity index (χ1n) is 9.14. The fourth-order valence-corrected chi connectivity index (χ4v) is 2.86. The second-order valence-electron chi connectivity index (χ2n) is 6.37. The summed E-state index contributed by atoms with van der Waals surface area (Å²) in [5.41, 5.74) is 1.01. The average molecular weight is 378 g/mol. The van der Waals surface area contributed by atoms with E-state index in [2.05, 4.69) is 6.07 Å². The number of benzene rings is 3. The third-order valence-electron chi connectivity index (χ3n) is 4.36. The van der Waals surface area contributed by atoms with Gasteiger partial charge in [0.2, 0.25) is 6.29 Å². The number of carbonyl (C=O) groups excluding carboxylic acids is 2. The molecule has 3 aromatic rings. The molecule has 1 saturated heterocycles. The van der Waals surface area contributed by atoms with Gasteiger partial charge in [0.1, 0.15) is 11.9 Å². The molecule has 3 aromatic carbocycles.